The van der Waals surface area contributed by atoms with Gasteiger partial charge >= 0.3 is 0 Å². The minimum absolute atomic E-state index is 0.248. The molecular formula is C26H32P2. The number of benzene rings is 3. The van der Waals surface area contributed by atoms with Crippen LogP contribution in [0.4, 0.5) is 0 Å². The van der Waals surface area contributed by atoms with Crippen LogP contribution in [-0.2, 0) is 0 Å². The Balaban J connectivity index is 2.26. The van der Waals surface area contributed by atoms with Crippen LogP contribution in [0.2, 0.25) is 0 Å². The van der Waals surface area contributed by atoms with Crippen molar-refractivity contribution in [2.24, 2.45) is 0 Å². The molecule has 0 aromatic heterocycles. The summed E-state index contributed by atoms with van der Waals surface area (Å²) in [5.74, 6) is 0. The van der Waals surface area contributed by atoms with Crippen LogP contribution >= 0.6 is 15.8 Å². The van der Waals surface area contributed by atoms with Gasteiger partial charge in [-0.05, 0) is 39.5 Å². The van der Waals surface area contributed by atoms with Crippen molar-refractivity contribution in [3.05, 3.63) is 84.9 Å². The lowest BCUT2D eigenvalue weighted by Crippen LogP contribution is -2.38. The molecule has 0 unspecified atom stereocenters. The van der Waals surface area contributed by atoms with Gasteiger partial charge in [-0.15, -0.1) is 0 Å². The molecule has 0 saturated carbocycles. The minimum atomic E-state index is -0.577. The van der Waals surface area contributed by atoms with E-state index in [9.17, 15) is 0 Å². The lowest BCUT2D eigenvalue weighted by atomic mass is 10.2. The maximum Gasteiger partial charge on any atom is -0.00738 e. The van der Waals surface area contributed by atoms with Gasteiger partial charge in [0, 0.05) is 0 Å². The van der Waals surface area contributed by atoms with Gasteiger partial charge in [-0.25, -0.2) is 0 Å². The predicted molar refractivity (Wildman–Crippen MR) is 131 cm³/mol. The molecule has 0 nitrogen and oxygen atoms in total. The summed E-state index contributed by atoms with van der Waals surface area (Å²) >= 11 is 0. The third-order valence-corrected chi connectivity index (χ3v) is 11.0. The average Bonchev–Trinajstić information content (AvgIpc) is 2.63. The van der Waals surface area contributed by atoms with E-state index in [1.807, 2.05) is 0 Å². The molecule has 0 atom stereocenters. The average molecular weight is 406 g/mol. The molecule has 0 fully saturated rings. The Labute approximate surface area is 173 Å². The summed E-state index contributed by atoms with van der Waals surface area (Å²) in [5.41, 5.74) is 0. The SMILES string of the molecule is CC(C)(C)P(c1ccccc1P(c1ccccc1)c1ccccc1)C(C)(C)C. The van der Waals surface area contributed by atoms with E-state index in [2.05, 4.69) is 126 Å². The van der Waals surface area contributed by atoms with Crippen LogP contribution < -0.4 is 21.2 Å². The highest BCUT2D eigenvalue weighted by atomic mass is 31.1. The Morgan fingerprint density at radius 1 is 0.464 bits per heavy atom. The van der Waals surface area contributed by atoms with Gasteiger partial charge in [0.15, 0.2) is 0 Å². The summed E-state index contributed by atoms with van der Waals surface area (Å²) in [6.07, 6.45) is 0. The molecule has 0 saturated heterocycles. The lowest BCUT2D eigenvalue weighted by Gasteiger charge is -2.43. The lowest BCUT2D eigenvalue weighted by molar-refractivity contribution is 0.715. The first kappa shape index (κ1) is 21.2. The predicted octanol–water partition coefficient (Wildman–Crippen LogP) is 6.15. The van der Waals surface area contributed by atoms with E-state index in [1.54, 1.807) is 5.30 Å². The monoisotopic (exact) mass is 406 g/mol. The van der Waals surface area contributed by atoms with E-state index < -0.39 is 7.92 Å². The van der Waals surface area contributed by atoms with E-state index >= 15 is 0 Å². The van der Waals surface area contributed by atoms with Crippen molar-refractivity contribution < 1.29 is 0 Å². The van der Waals surface area contributed by atoms with Crippen LogP contribution in [0.1, 0.15) is 41.5 Å². The zero-order chi connectivity index (χ0) is 20.4. The summed E-state index contributed by atoms with van der Waals surface area (Å²) in [7, 11) is -0.933. The van der Waals surface area contributed by atoms with Gasteiger partial charge in [-0.1, -0.05) is 134 Å². The first-order valence-electron chi connectivity index (χ1n) is 9.99. The molecule has 0 amide bonds. The molecule has 28 heavy (non-hydrogen) atoms. The van der Waals surface area contributed by atoms with Gasteiger partial charge in [0.2, 0.25) is 0 Å². The van der Waals surface area contributed by atoms with Crippen LogP contribution in [0.15, 0.2) is 84.9 Å². The van der Waals surface area contributed by atoms with Crippen molar-refractivity contribution >= 4 is 37.1 Å². The maximum absolute atomic E-state index is 2.41. The smallest absolute Gasteiger partial charge is 0.00738 e. The summed E-state index contributed by atoms with van der Waals surface area (Å²) in [4.78, 5) is 0. The molecule has 3 aromatic rings. The second kappa shape index (κ2) is 8.49. The first-order valence-corrected chi connectivity index (χ1v) is 12.7. The van der Waals surface area contributed by atoms with Crippen LogP contribution in [0, 0.1) is 0 Å². The van der Waals surface area contributed by atoms with Gasteiger partial charge in [-0.2, -0.15) is 0 Å². The van der Waals surface area contributed by atoms with Crippen LogP contribution in [-0.4, -0.2) is 10.3 Å². The van der Waals surface area contributed by atoms with E-state index in [0.717, 1.165) is 0 Å². The van der Waals surface area contributed by atoms with E-state index in [-0.39, 0.29) is 18.2 Å². The fourth-order valence-corrected chi connectivity index (χ4v) is 11.1. The fourth-order valence-electron chi connectivity index (χ4n) is 4.15. The zero-order valence-electron chi connectivity index (χ0n) is 18.0. The molecule has 146 valence electrons. The Morgan fingerprint density at radius 2 is 0.821 bits per heavy atom. The van der Waals surface area contributed by atoms with E-state index in [1.165, 1.54) is 15.9 Å². The third-order valence-electron chi connectivity index (χ3n) is 4.73. The highest BCUT2D eigenvalue weighted by molar-refractivity contribution is 7.82. The second-order valence-electron chi connectivity index (χ2n) is 9.17. The first-order chi connectivity index (χ1) is 13.2. The molecule has 0 aliphatic carbocycles. The van der Waals surface area contributed by atoms with Crippen molar-refractivity contribution in [3.63, 3.8) is 0 Å². The number of hydrogen-bond donors (Lipinski definition) is 0. The quantitative estimate of drug-likeness (QED) is 0.456. The highest BCUT2D eigenvalue weighted by Crippen LogP contribution is 2.58. The largest absolute Gasteiger partial charge is 0.0636 e. The summed E-state index contributed by atoms with van der Waals surface area (Å²) in [6, 6.07) is 31.4. The van der Waals surface area contributed by atoms with Crippen molar-refractivity contribution in [3.8, 4) is 0 Å². The Hall–Kier alpha value is -1.48. The van der Waals surface area contributed by atoms with Crippen molar-refractivity contribution in [2.45, 2.75) is 51.9 Å². The molecule has 0 bridgehead atoms. The second-order valence-corrected chi connectivity index (χ2v) is 15.2. The normalized spacial score (nSPS) is 12.6. The summed E-state index contributed by atoms with van der Waals surface area (Å²) in [5, 5.41) is 6.43. The highest BCUT2D eigenvalue weighted by Gasteiger charge is 2.37. The number of rotatable bonds is 4. The minimum Gasteiger partial charge on any atom is -0.0636 e. The third kappa shape index (κ3) is 4.74. The molecule has 2 heteroatoms. The molecule has 0 N–H and O–H groups in total. The van der Waals surface area contributed by atoms with E-state index in [0.29, 0.717) is 0 Å². The topological polar surface area (TPSA) is 0 Å². The molecular weight excluding hydrogens is 374 g/mol. The van der Waals surface area contributed by atoms with Crippen LogP contribution in [0.25, 0.3) is 0 Å². The van der Waals surface area contributed by atoms with E-state index in [4.69, 9.17) is 0 Å². The molecule has 0 spiro atoms. The number of hydrogen-bond acceptors (Lipinski definition) is 0. The molecule has 0 aliphatic heterocycles. The Kier molecular flexibility index (Phi) is 6.44. The summed E-state index contributed by atoms with van der Waals surface area (Å²) < 4.78 is 0. The molecule has 0 radical (unpaired) electrons. The summed E-state index contributed by atoms with van der Waals surface area (Å²) in [6.45, 7) is 14.5. The van der Waals surface area contributed by atoms with Crippen LogP contribution in [0.3, 0.4) is 0 Å². The molecule has 3 rings (SSSR count). The Morgan fingerprint density at radius 3 is 1.21 bits per heavy atom. The van der Waals surface area contributed by atoms with Gasteiger partial charge in [0.1, 0.15) is 0 Å². The molecule has 3 aromatic carbocycles. The van der Waals surface area contributed by atoms with Crippen LogP contribution in [0.5, 0.6) is 0 Å². The standard InChI is InChI=1S/C26H32P2/c1-25(2,3)28(26(4,5)6)24-20-14-13-19-23(24)27(21-15-9-7-10-16-21)22-17-11-8-12-18-22/h7-20H,1-6H3. The van der Waals surface area contributed by atoms with Gasteiger partial charge in [-0.3, -0.25) is 0 Å². The fraction of sp³-hybridized carbons (Fsp3) is 0.308. The van der Waals surface area contributed by atoms with Crippen molar-refractivity contribution in [1.82, 2.24) is 0 Å². The van der Waals surface area contributed by atoms with Gasteiger partial charge in [0.25, 0.3) is 0 Å². The van der Waals surface area contributed by atoms with Gasteiger partial charge in [0.05, 0.1) is 0 Å². The van der Waals surface area contributed by atoms with Crippen molar-refractivity contribution in [1.29, 1.82) is 0 Å². The molecule has 0 heterocycles. The van der Waals surface area contributed by atoms with Crippen molar-refractivity contribution in [2.75, 3.05) is 0 Å². The zero-order valence-corrected chi connectivity index (χ0v) is 19.8. The Bertz CT molecular complexity index is 833. The molecule has 0 aliphatic rings. The van der Waals surface area contributed by atoms with Gasteiger partial charge < -0.3 is 0 Å². The maximum atomic E-state index is 2.41.